The van der Waals surface area contributed by atoms with E-state index in [2.05, 4.69) is 47.4 Å². The maximum atomic E-state index is 13.6. The lowest BCUT2D eigenvalue weighted by Gasteiger charge is -2.17. The van der Waals surface area contributed by atoms with E-state index in [1.54, 1.807) is 17.4 Å². The van der Waals surface area contributed by atoms with Gasteiger partial charge in [0, 0.05) is 27.7 Å². The Balaban J connectivity index is 2.21. The number of benzene rings is 1. The van der Waals surface area contributed by atoms with Gasteiger partial charge in [0.2, 0.25) is 0 Å². The van der Waals surface area contributed by atoms with E-state index in [0.717, 1.165) is 27.2 Å². The highest BCUT2D eigenvalue weighted by atomic mass is 79.9. The first-order valence-electron chi connectivity index (χ1n) is 6.87. The van der Waals surface area contributed by atoms with Gasteiger partial charge in [-0.1, -0.05) is 36.7 Å². The number of halogens is 2. The summed E-state index contributed by atoms with van der Waals surface area (Å²) < 4.78 is 14.3. The van der Waals surface area contributed by atoms with E-state index in [-0.39, 0.29) is 17.3 Å². The fraction of sp³-hybridized carbons (Fsp3) is 0.438. The summed E-state index contributed by atoms with van der Waals surface area (Å²) in [4.78, 5) is 4.71. The molecule has 1 N–H and O–H groups in total. The lowest BCUT2D eigenvalue weighted by Crippen LogP contribution is -2.19. The summed E-state index contributed by atoms with van der Waals surface area (Å²) in [5.74, 6) is -0.228. The standard InChI is InChI=1S/C16H20BrFN2S/c1-16(2,3)14-9-21-15(20-14)8-13(19-4)10-5-11(17)7-12(18)6-10/h5-7,9,13,19H,8H2,1-4H3. The van der Waals surface area contributed by atoms with Crippen LogP contribution >= 0.6 is 27.3 Å². The van der Waals surface area contributed by atoms with Gasteiger partial charge in [0.25, 0.3) is 0 Å². The molecule has 0 spiro atoms. The van der Waals surface area contributed by atoms with Crippen LogP contribution in [0.3, 0.4) is 0 Å². The fourth-order valence-electron chi connectivity index (χ4n) is 2.09. The SMILES string of the molecule is CNC(Cc1nc(C(C)(C)C)cs1)c1cc(F)cc(Br)c1. The summed E-state index contributed by atoms with van der Waals surface area (Å²) in [6, 6.07) is 5.04. The van der Waals surface area contributed by atoms with E-state index in [9.17, 15) is 4.39 Å². The quantitative estimate of drug-likeness (QED) is 0.832. The fourth-order valence-corrected chi connectivity index (χ4v) is 3.64. The minimum Gasteiger partial charge on any atom is -0.313 e. The number of nitrogens with zero attached hydrogens (tertiary/aromatic N) is 1. The van der Waals surface area contributed by atoms with E-state index in [4.69, 9.17) is 4.98 Å². The van der Waals surface area contributed by atoms with Crippen LogP contribution < -0.4 is 5.32 Å². The molecule has 1 aromatic heterocycles. The molecule has 0 amide bonds. The first kappa shape index (κ1) is 16.6. The van der Waals surface area contributed by atoms with Crippen molar-refractivity contribution in [2.24, 2.45) is 0 Å². The molecule has 21 heavy (non-hydrogen) atoms. The molecule has 1 heterocycles. The molecular formula is C16H20BrFN2S. The van der Waals surface area contributed by atoms with Gasteiger partial charge < -0.3 is 5.32 Å². The average Bonchev–Trinajstić information content (AvgIpc) is 2.83. The molecule has 2 aromatic rings. The van der Waals surface area contributed by atoms with Crippen LogP contribution in [0.4, 0.5) is 4.39 Å². The Hall–Kier alpha value is -0.780. The van der Waals surface area contributed by atoms with Gasteiger partial charge in [-0.05, 0) is 30.8 Å². The summed E-state index contributed by atoms with van der Waals surface area (Å²) in [6.07, 6.45) is 0.757. The summed E-state index contributed by atoms with van der Waals surface area (Å²) in [5, 5.41) is 6.43. The molecule has 2 rings (SSSR count). The van der Waals surface area contributed by atoms with Crippen LogP contribution in [0.1, 0.15) is 43.1 Å². The first-order chi connectivity index (χ1) is 9.79. The predicted octanol–water partition coefficient (Wildman–Crippen LogP) is 4.85. The van der Waals surface area contributed by atoms with Crippen molar-refractivity contribution in [3.05, 3.63) is 50.1 Å². The third-order valence-electron chi connectivity index (χ3n) is 3.33. The van der Waals surface area contributed by atoms with Gasteiger partial charge in [0.1, 0.15) is 5.82 Å². The van der Waals surface area contributed by atoms with Crippen molar-refractivity contribution in [3.63, 3.8) is 0 Å². The molecule has 114 valence electrons. The predicted molar refractivity (Wildman–Crippen MR) is 90.4 cm³/mol. The van der Waals surface area contributed by atoms with Crippen molar-refractivity contribution >= 4 is 27.3 Å². The number of hydrogen-bond acceptors (Lipinski definition) is 3. The Morgan fingerprint density at radius 2 is 2.05 bits per heavy atom. The van der Waals surface area contributed by atoms with E-state index in [1.807, 2.05) is 13.1 Å². The van der Waals surface area contributed by atoms with Crippen LogP contribution in [0.15, 0.2) is 28.1 Å². The van der Waals surface area contributed by atoms with Crippen molar-refractivity contribution in [3.8, 4) is 0 Å². The van der Waals surface area contributed by atoms with Crippen molar-refractivity contribution in [1.82, 2.24) is 10.3 Å². The van der Waals surface area contributed by atoms with E-state index >= 15 is 0 Å². The average molecular weight is 371 g/mol. The zero-order valence-corrected chi connectivity index (χ0v) is 15.1. The van der Waals surface area contributed by atoms with Gasteiger partial charge >= 0.3 is 0 Å². The highest BCUT2D eigenvalue weighted by Gasteiger charge is 2.19. The number of likely N-dealkylation sites (N-methyl/N-ethyl adjacent to an activating group) is 1. The topological polar surface area (TPSA) is 24.9 Å². The van der Waals surface area contributed by atoms with Gasteiger partial charge in [0.05, 0.1) is 10.7 Å². The molecule has 0 aliphatic heterocycles. The zero-order valence-electron chi connectivity index (χ0n) is 12.7. The number of thiazole rings is 1. The number of hydrogen-bond donors (Lipinski definition) is 1. The van der Waals surface area contributed by atoms with E-state index < -0.39 is 0 Å². The molecule has 0 radical (unpaired) electrons. The van der Waals surface area contributed by atoms with Crippen molar-refractivity contribution < 1.29 is 4.39 Å². The highest BCUT2D eigenvalue weighted by Crippen LogP contribution is 2.28. The monoisotopic (exact) mass is 370 g/mol. The Labute approximate surface area is 137 Å². The molecule has 1 atom stereocenters. The molecule has 1 unspecified atom stereocenters. The van der Waals surface area contributed by atoms with E-state index in [1.165, 1.54) is 6.07 Å². The largest absolute Gasteiger partial charge is 0.313 e. The maximum absolute atomic E-state index is 13.6. The Bertz CT molecular complexity index is 599. The van der Waals surface area contributed by atoms with Gasteiger partial charge in [-0.2, -0.15) is 0 Å². The summed E-state index contributed by atoms with van der Waals surface area (Å²) in [6.45, 7) is 6.47. The van der Waals surface area contributed by atoms with Crippen LogP contribution in [0.2, 0.25) is 0 Å². The molecule has 5 heteroatoms. The third-order valence-corrected chi connectivity index (χ3v) is 4.66. The van der Waals surface area contributed by atoms with Gasteiger partial charge in [-0.3, -0.25) is 0 Å². The molecule has 0 saturated carbocycles. The summed E-state index contributed by atoms with van der Waals surface area (Å²) in [7, 11) is 1.89. The molecule has 0 aliphatic carbocycles. The number of rotatable bonds is 4. The van der Waals surface area contributed by atoms with Crippen LogP contribution in [0.5, 0.6) is 0 Å². The molecule has 0 aliphatic rings. The van der Waals surface area contributed by atoms with Crippen LogP contribution in [0, 0.1) is 5.82 Å². The van der Waals surface area contributed by atoms with Crippen molar-refractivity contribution in [2.75, 3.05) is 7.05 Å². The second kappa shape index (κ2) is 6.55. The normalized spacial score (nSPS) is 13.4. The molecule has 0 saturated heterocycles. The lowest BCUT2D eigenvalue weighted by atomic mass is 9.93. The van der Waals surface area contributed by atoms with Gasteiger partial charge in [0.15, 0.2) is 0 Å². The molecular weight excluding hydrogens is 351 g/mol. The number of aromatic nitrogens is 1. The maximum Gasteiger partial charge on any atom is 0.124 e. The highest BCUT2D eigenvalue weighted by molar-refractivity contribution is 9.10. The third kappa shape index (κ3) is 4.34. The molecule has 2 nitrogen and oxygen atoms in total. The van der Waals surface area contributed by atoms with Crippen LogP contribution in [0.25, 0.3) is 0 Å². The number of nitrogens with one attached hydrogen (secondary N) is 1. The Kier molecular flexibility index (Phi) is 5.17. The van der Waals surface area contributed by atoms with Gasteiger partial charge in [-0.15, -0.1) is 11.3 Å². The minimum atomic E-state index is -0.228. The Morgan fingerprint density at radius 1 is 1.33 bits per heavy atom. The molecule has 1 aromatic carbocycles. The molecule has 0 bridgehead atoms. The first-order valence-corrected chi connectivity index (χ1v) is 8.55. The summed E-state index contributed by atoms with van der Waals surface area (Å²) in [5.41, 5.74) is 2.10. The van der Waals surface area contributed by atoms with E-state index in [0.29, 0.717) is 0 Å². The van der Waals surface area contributed by atoms with Gasteiger partial charge in [-0.25, -0.2) is 9.37 Å². The van der Waals surface area contributed by atoms with Crippen LogP contribution in [-0.2, 0) is 11.8 Å². The van der Waals surface area contributed by atoms with Crippen molar-refractivity contribution in [1.29, 1.82) is 0 Å². The lowest BCUT2D eigenvalue weighted by molar-refractivity contribution is 0.556. The zero-order chi connectivity index (χ0) is 15.6. The second-order valence-electron chi connectivity index (χ2n) is 6.12. The minimum absolute atomic E-state index is 0.0518. The summed E-state index contributed by atoms with van der Waals surface area (Å²) >= 11 is 5.01. The molecule has 0 fully saturated rings. The van der Waals surface area contributed by atoms with Crippen molar-refractivity contribution in [2.45, 2.75) is 38.6 Å². The Morgan fingerprint density at radius 3 is 2.57 bits per heavy atom. The van der Waals surface area contributed by atoms with Crippen LogP contribution in [-0.4, -0.2) is 12.0 Å². The smallest absolute Gasteiger partial charge is 0.124 e. The second-order valence-corrected chi connectivity index (χ2v) is 7.98.